The van der Waals surface area contributed by atoms with Crippen LogP contribution in [0.25, 0.3) is 0 Å². The van der Waals surface area contributed by atoms with Crippen molar-refractivity contribution >= 4 is 11.6 Å². The Hall–Kier alpha value is -2.17. The summed E-state index contributed by atoms with van der Waals surface area (Å²) >= 11 is 0. The van der Waals surface area contributed by atoms with E-state index in [1.165, 1.54) is 12.1 Å². The molecule has 7 heteroatoms. The lowest BCUT2D eigenvalue weighted by atomic mass is 9.83. The van der Waals surface area contributed by atoms with Crippen molar-refractivity contribution in [1.29, 1.82) is 5.26 Å². The van der Waals surface area contributed by atoms with Gasteiger partial charge in [0.1, 0.15) is 12.0 Å². The Balaban J connectivity index is 1.57. The average molecular weight is 357 g/mol. The summed E-state index contributed by atoms with van der Waals surface area (Å²) in [6.07, 6.45) is 4.68. The molecular weight excluding hydrogens is 333 g/mol. The zero-order chi connectivity index (χ0) is 18.1. The van der Waals surface area contributed by atoms with E-state index >= 15 is 0 Å². The first-order chi connectivity index (χ1) is 12.7. The standard InChI is InChI=1S/C19H24FN5O/c20-13-5-7-14(8-6-13)23-18-17-16(9-10-22-19(17)26)25(24-18)15-4-2-1-3-12(15)11-21/h5-8,12,15-18,23-24H,1-4,9-10H2,(H,22,26)/t12-,15+,16?,17?,18?/m1/s1. The van der Waals surface area contributed by atoms with Crippen LogP contribution in [0.4, 0.5) is 10.1 Å². The molecule has 4 rings (SSSR count). The molecule has 1 saturated carbocycles. The summed E-state index contributed by atoms with van der Waals surface area (Å²) in [5.41, 5.74) is 4.24. The van der Waals surface area contributed by atoms with E-state index in [0.717, 1.165) is 37.8 Å². The molecule has 6 nitrogen and oxygen atoms in total. The summed E-state index contributed by atoms with van der Waals surface area (Å²) in [5, 5.41) is 18.0. The molecule has 3 aliphatic rings. The van der Waals surface area contributed by atoms with Crippen molar-refractivity contribution in [1.82, 2.24) is 15.8 Å². The Morgan fingerprint density at radius 1 is 1.15 bits per heavy atom. The molecule has 3 N–H and O–H groups in total. The number of piperidine rings is 1. The van der Waals surface area contributed by atoms with Crippen LogP contribution in [-0.2, 0) is 4.79 Å². The number of fused-ring (bicyclic) bond motifs is 1. The van der Waals surface area contributed by atoms with Crippen LogP contribution in [0.1, 0.15) is 32.1 Å². The Morgan fingerprint density at radius 3 is 2.69 bits per heavy atom. The number of amides is 1. The lowest BCUT2D eigenvalue weighted by molar-refractivity contribution is -0.128. The highest BCUT2D eigenvalue weighted by Gasteiger charge is 2.51. The molecule has 2 aliphatic heterocycles. The van der Waals surface area contributed by atoms with Gasteiger partial charge in [-0.1, -0.05) is 12.8 Å². The van der Waals surface area contributed by atoms with E-state index < -0.39 is 0 Å². The number of carbonyl (C=O) groups is 1. The molecule has 5 atom stereocenters. The maximum absolute atomic E-state index is 13.2. The Kier molecular flexibility index (Phi) is 4.79. The van der Waals surface area contributed by atoms with Crippen LogP contribution < -0.4 is 16.1 Å². The van der Waals surface area contributed by atoms with Crippen molar-refractivity contribution in [2.45, 2.75) is 50.4 Å². The highest BCUT2D eigenvalue weighted by Crippen LogP contribution is 2.36. The monoisotopic (exact) mass is 357 g/mol. The number of anilines is 1. The molecule has 0 bridgehead atoms. The number of carbonyl (C=O) groups excluding carboxylic acids is 1. The quantitative estimate of drug-likeness (QED) is 0.771. The van der Waals surface area contributed by atoms with Gasteiger partial charge in [-0.05, 0) is 43.5 Å². The van der Waals surface area contributed by atoms with Crippen LogP contribution in [-0.4, -0.2) is 35.7 Å². The molecule has 2 heterocycles. The average Bonchev–Trinajstić information content (AvgIpc) is 3.03. The second-order valence-electron chi connectivity index (χ2n) is 7.43. The summed E-state index contributed by atoms with van der Waals surface area (Å²) in [4.78, 5) is 12.6. The van der Waals surface area contributed by atoms with E-state index in [0.29, 0.717) is 6.54 Å². The molecule has 0 radical (unpaired) electrons. The Bertz CT molecular complexity index is 703. The molecular formula is C19H24FN5O. The molecule has 1 aromatic carbocycles. The predicted molar refractivity (Wildman–Crippen MR) is 95.0 cm³/mol. The van der Waals surface area contributed by atoms with Gasteiger partial charge in [0.25, 0.3) is 0 Å². The third-order valence-corrected chi connectivity index (χ3v) is 5.88. The van der Waals surface area contributed by atoms with Gasteiger partial charge in [-0.15, -0.1) is 0 Å². The lowest BCUT2D eigenvalue weighted by Gasteiger charge is -2.39. The first kappa shape index (κ1) is 17.3. The van der Waals surface area contributed by atoms with E-state index in [9.17, 15) is 14.4 Å². The normalized spacial score (nSPS) is 34.6. The van der Waals surface area contributed by atoms with Gasteiger partial charge in [0.15, 0.2) is 0 Å². The molecule has 3 fully saturated rings. The van der Waals surface area contributed by atoms with E-state index in [2.05, 4.69) is 27.1 Å². The smallest absolute Gasteiger partial charge is 0.228 e. The molecule has 1 amide bonds. The van der Waals surface area contributed by atoms with E-state index in [4.69, 9.17) is 0 Å². The largest absolute Gasteiger partial charge is 0.368 e. The first-order valence-corrected chi connectivity index (χ1v) is 9.41. The fourth-order valence-corrected chi connectivity index (χ4v) is 4.62. The number of hydrazine groups is 1. The summed E-state index contributed by atoms with van der Waals surface area (Å²) in [6.45, 7) is 0.658. The number of nitrogens with zero attached hydrogens (tertiary/aromatic N) is 2. The second-order valence-corrected chi connectivity index (χ2v) is 7.43. The summed E-state index contributed by atoms with van der Waals surface area (Å²) in [5.74, 6) is -0.509. The number of halogens is 1. The van der Waals surface area contributed by atoms with Gasteiger partial charge in [-0.25, -0.2) is 14.8 Å². The van der Waals surface area contributed by atoms with Gasteiger partial charge in [0.05, 0.1) is 17.9 Å². The minimum atomic E-state index is -0.288. The van der Waals surface area contributed by atoms with Gasteiger partial charge in [0, 0.05) is 24.3 Å². The number of nitrogens with one attached hydrogen (secondary N) is 3. The van der Waals surface area contributed by atoms with Crippen molar-refractivity contribution in [3.63, 3.8) is 0 Å². The Labute approximate surface area is 152 Å². The highest BCUT2D eigenvalue weighted by atomic mass is 19.1. The second kappa shape index (κ2) is 7.22. The minimum Gasteiger partial charge on any atom is -0.368 e. The topological polar surface area (TPSA) is 80.2 Å². The number of hydrogen-bond acceptors (Lipinski definition) is 5. The third kappa shape index (κ3) is 3.15. The predicted octanol–water partition coefficient (Wildman–Crippen LogP) is 1.97. The van der Waals surface area contributed by atoms with E-state index in [1.807, 2.05) is 0 Å². The summed E-state index contributed by atoms with van der Waals surface area (Å²) in [7, 11) is 0. The number of nitriles is 1. The summed E-state index contributed by atoms with van der Waals surface area (Å²) < 4.78 is 13.2. The molecule has 2 saturated heterocycles. The van der Waals surface area contributed by atoms with Crippen LogP contribution in [0.5, 0.6) is 0 Å². The lowest BCUT2D eigenvalue weighted by Crippen LogP contribution is -2.54. The van der Waals surface area contributed by atoms with E-state index in [1.54, 1.807) is 12.1 Å². The van der Waals surface area contributed by atoms with Gasteiger partial charge < -0.3 is 10.6 Å². The fraction of sp³-hybridized carbons (Fsp3) is 0.579. The number of hydrogen-bond donors (Lipinski definition) is 3. The van der Waals surface area contributed by atoms with Crippen molar-refractivity contribution < 1.29 is 9.18 Å². The maximum atomic E-state index is 13.2. The SMILES string of the molecule is N#C[C@H]1CCCC[C@@H]1N1NC(Nc2ccc(F)cc2)C2C(=O)NCCC21. The van der Waals surface area contributed by atoms with Crippen LogP contribution in [0.3, 0.4) is 0 Å². The molecule has 1 aromatic rings. The zero-order valence-electron chi connectivity index (χ0n) is 14.6. The van der Waals surface area contributed by atoms with Gasteiger partial charge in [-0.3, -0.25) is 4.79 Å². The van der Waals surface area contributed by atoms with Gasteiger partial charge in [-0.2, -0.15) is 5.26 Å². The van der Waals surface area contributed by atoms with Gasteiger partial charge in [0.2, 0.25) is 5.91 Å². The summed E-state index contributed by atoms with van der Waals surface area (Å²) in [6, 6.07) is 8.82. The van der Waals surface area contributed by atoms with Crippen LogP contribution in [0, 0.1) is 29.0 Å². The molecule has 26 heavy (non-hydrogen) atoms. The Morgan fingerprint density at radius 2 is 1.92 bits per heavy atom. The third-order valence-electron chi connectivity index (χ3n) is 5.88. The minimum absolute atomic E-state index is 0.00791. The zero-order valence-corrected chi connectivity index (χ0v) is 14.6. The van der Waals surface area contributed by atoms with Crippen LogP contribution >= 0.6 is 0 Å². The van der Waals surface area contributed by atoms with Crippen LogP contribution in [0.15, 0.2) is 24.3 Å². The van der Waals surface area contributed by atoms with Crippen molar-refractivity contribution in [2.75, 3.05) is 11.9 Å². The van der Waals surface area contributed by atoms with Crippen molar-refractivity contribution in [3.8, 4) is 6.07 Å². The molecule has 3 unspecified atom stereocenters. The number of rotatable bonds is 3. The van der Waals surface area contributed by atoms with Crippen LogP contribution in [0.2, 0.25) is 0 Å². The van der Waals surface area contributed by atoms with Gasteiger partial charge >= 0.3 is 0 Å². The highest BCUT2D eigenvalue weighted by molar-refractivity contribution is 5.82. The van der Waals surface area contributed by atoms with Crippen molar-refractivity contribution in [3.05, 3.63) is 30.1 Å². The first-order valence-electron chi connectivity index (χ1n) is 9.41. The maximum Gasteiger partial charge on any atom is 0.228 e. The molecule has 1 aliphatic carbocycles. The van der Waals surface area contributed by atoms with E-state index in [-0.39, 0.29) is 41.8 Å². The van der Waals surface area contributed by atoms with Crippen molar-refractivity contribution in [2.24, 2.45) is 11.8 Å². The molecule has 0 spiro atoms. The fourth-order valence-electron chi connectivity index (χ4n) is 4.62. The molecule has 138 valence electrons. The molecule has 0 aromatic heterocycles. The number of benzene rings is 1.